The van der Waals surface area contributed by atoms with Gasteiger partial charge in [0, 0.05) is 0 Å². The monoisotopic (exact) mass is 402 g/mol. The highest BCUT2D eigenvalue weighted by Gasteiger charge is 2.33. The van der Waals surface area contributed by atoms with Crippen LogP contribution in [0, 0.1) is 6.92 Å². The predicted octanol–water partition coefficient (Wildman–Crippen LogP) is 5.43. The molecule has 0 spiro atoms. The molecule has 2 rings (SSSR count). The van der Waals surface area contributed by atoms with E-state index in [1.165, 1.54) is 23.8 Å². The second kappa shape index (κ2) is 8.86. The van der Waals surface area contributed by atoms with Crippen LogP contribution < -0.4 is 4.74 Å². The largest absolute Gasteiger partial charge is 0.513 e. The summed E-state index contributed by atoms with van der Waals surface area (Å²) in [5, 5.41) is 0. The van der Waals surface area contributed by atoms with Crippen LogP contribution >= 0.6 is 0 Å². The Balaban J connectivity index is 1.98. The molecule has 0 aliphatic rings. The van der Waals surface area contributed by atoms with E-state index in [1.807, 2.05) is 12.1 Å². The third kappa shape index (κ3) is 7.32. The van der Waals surface area contributed by atoms with Gasteiger partial charge >= 0.3 is 6.16 Å². The van der Waals surface area contributed by atoms with Crippen molar-refractivity contribution in [2.45, 2.75) is 45.2 Å². The van der Waals surface area contributed by atoms with E-state index in [0.29, 0.717) is 5.75 Å². The van der Waals surface area contributed by atoms with Crippen LogP contribution in [0.3, 0.4) is 0 Å². The van der Waals surface area contributed by atoms with Crippen LogP contribution in [0.4, 0.5) is 4.79 Å². The molecule has 0 aromatic heterocycles. The average molecular weight is 403 g/mol. The summed E-state index contributed by atoms with van der Waals surface area (Å²) in [5.74, 6) is 0.486. The molecule has 4 nitrogen and oxygen atoms in total. The lowest BCUT2D eigenvalue weighted by Gasteiger charge is -2.34. The lowest BCUT2D eigenvalue weighted by atomic mass is 10.2. The molecule has 146 valence electrons. The van der Waals surface area contributed by atoms with Gasteiger partial charge in [0.15, 0.2) is 16.6 Å². The Labute approximate surface area is 164 Å². The summed E-state index contributed by atoms with van der Waals surface area (Å²) < 4.78 is 16.3. The summed E-state index contributed by atoms with van der Waals surface area (Å²) in [7, 11) is -2.39. The number of aryl methyl sites for hydroxylation is 1. The van der Waals surface area contributed by atoms with E-state index in [9.17, 15) is 4.79 Å². The Morgan fingerprint density at radius 1 is 0.815 bits per heavy atom. The van der Waals surface area contributed by atoms with E-state index in [-0.39, 0.29) is 0 Å². The average Bonchev–Trinajstić information content (AvgIpc) is 2.57. The van der Waals surface area contributed by atoms with Crippen LogP contribution in [-0.2, 0) is 20.9 Å². The van der Waals surface area contributed by atoms with Crippen molar-refractivity contribution in [3.8, 4) is 5.75 Å². The third-order valence-corrected chi connectivity index (χ3v) is 11.2. The van der Waals surface area contributed by atoms with Crippen molar-refractivity contribution in [3.05, 3.63) is 65.2 Å². The lowest BCUT2D eigenvalue weighted by Crippen LogP contribution is -2.47. The molecule has 0 radical (unpaired) electrons. The molecular weight excluding hydrogens is 372 g/mol. The number of carbonyl (C=O) groups is 1. The van der Waals surface area contributed by atoms with Gasteiger partial charge in [-0.3, -0.25) is 0 Å². The third-order valence-electron chi connectivity index (χ3n) is 4.22. The Kier molecular flexibility index (Phi) is 7.03. The maximum absolute atomic E-state index is 11.2. The molecule has 27 heavy (non-hydrogen) atoms. The maximum Gasteiger partial charge on any atom is 0.513 e. The minimum absolute atomic E-state index is 0.486. The number of methoxy groups -OCH3 is 1. The van der Waals surface area contributed by atoms with Crippen molar-refractivity contribution in [1.29, 1.82) is 0 Å². The molecule has 0 amide bonds. The van der Waals surface area contributed by atoms with Gasteiger partial charge in [0.25, 0.3) is 0 Å². The highest BCUT2D eigenvalue weighted by Crippen LogP contribution is 2.23. The zero-order chi connectivity index (χ0) is 20.1. The fourth-order valence-corrected chi connectivity index (χ4v) is 12.3. The summed E-state index contributed by atoms with van der Waals surface area (Å²) in [5.41, 5.74) is 3.84. The first-order chi connectivity index (χ1) is 12.6. The highest BCUT2D eigenvalue weighted by molar-refractivity contribution is 6.84. The molecule has 0 atom stereocenters. The van der Waals surface area contributed by atoms with Gasteiger partial charge in [-0.25, -0.2) is 4.79 Å². The zero-order valence-electron chi connectivity index (χ0n) is 17.2. The van der Waals surface area contributed by atoms with E-state index in [1.54, 1.807) is 12.1 Å². The zero-order valence-corrected chi connectivity index (χ0v) is 19.2. The van der Waals surface area contributed by atoms with Crippen molar-refractivity contribution in [1.82, 2.24) is 0 Å². The number of benzene rings is 2. The van der Waals surface area contributed by atoms with Crippen LogP contribution in [0.1, 0.15) is 16.7 Å². The van der Waals surface area contributed by atoms with Gasteiger partial charge in [-0.1, -0.05) is 42.0 Å². The molecule has 0 saturated heterocycles. The second-order valence-corrected chi connectivity index (χ2v) is 16.7. The SMILES string of the molecule is COC(=O)Oc1ccc(C[Si](C)(C)O[Si](C)(C)Cc2ccc(C)cc2)cc1. The molecular formula is C21H30O4Si2. The van der Waals surface area contributed by atoms with Crippen LogP contribution in [0.2, 0.25) is 26.2 Å². The maximum atomic E-state index is 11.2. The molecule has 0 fully saturated rings. The number of carbonyl (C=O) groups excluding carboxylic acids is 1. The number of hydrogen-bond donors (Lipinski definition) is 0. The summed E-state index contributed by atoms with van der Waals surface area (Å²) in [6.45, 7) is 11.3. The van der Waals surface area contributed by atoms with E-state index >= 15 is 0 Å². The number of ether oxygens (including phenoxy) is 2. The van der Waals surface area contributed by atoms with Crippen molar-refractivity contribution >= 4 is 22.8 Å². The van der Waals surface area contributed by atoms with Crippen LogP contribution in [0.15, 0.2) is 48.5 Å². The van der Waals surface area contributed by atoms with E-state index in [2.05, 4.69) is 62.1 Å². The molecule has 0 aliphatic carbocycles. The summed E-state index contributed by atoms with van der Waals surface area (Å²) in [6.07, 6.45) is -0.704. The topological polar surface area (TPSA) is 44.8 Å². The highest BCUT2D eigenvalue weighted by atomic mass is 28.4. The normalized spacial score (nSPS) is 11.9. The molecule has 2 aromatic carbocycles. The van der Waals surface area contributed by atoms with Crippen molar-refractivity contribution in [2.75, 3.05) is 7.11 Å². The van der Waals surface area contributed by atoms with Crippen LogP contribution in [0.25, 0.3) is 0 Å². The van der Waals surface area contributed by atoms with Gasteiger partial charge in [0.1, 0.15) is 5.75 Å². The smallest absolute Gasteiger partial charge is 0.455 e. The van der Waals surface area contributed by atoms with Crippen LogP contribution in [0.5, 0.6) is 5.75 Å². The second-order valence-electron chi connectivity index (χ2n) is 8.16. The van der Waals surface area contributed by atoms with Gasteiger partial charge in [-0.2, -0.15) is 0 Å². The van der Waals surface area contributed by atoms with Gasteiger partial charge in [-0.15, -0.1) is 0 Å². The van der Waals surface area contributed by atoms with E-state index < -0.39 is 22.8 Å². The Hall–Kier alpha value is -1.90. The van der Waals surface area contributed by atoms with Gasteiger partial charge in [0.2, 0.25) is 0 Å². The van der Waals surface area contributed by atoms with Crippen molar-refractivity contribution in [2.24, 2.45) is 0 Å². The Morgan fingerprint density at radius 3 is 1.70 bits per heavy atom. The van der Waals surface area contributed by atoms with Crippen molar-refractivity contribution in [3.63, 3.8) is 0 Å². The van der Waals surface area contributed by atoms with Gasteiger partial charge in [-0.05, 0) is 68.5 Å². The summed E-state index contributed by atoms with van der Waals surface area (Å²) in [4.78, 5) is 11.2. The molecule has 0 heterocycles. The molecule has 6 heteroatoms. The predicted molar refractivity (Wildman–Crippen MR) is 114 cm³/mol. The molecule has 0 unspecified atom stereocenters. The first kappa shape index (κ1) is 21.4. The Morgan fingerprint density at radius 2 is 1.26 bits per heavy atom. The lowest BCUT2D eigenvalue weighted by molar-refractivity contribution is 0.121. The molecule has 0 aliphatic heterocycles. The van der Waals surface area contributed by atoms with Crippen LogP contribution in [-0.4, -0.2) is 29.9 Å². The molecule has 0 saturated carbocycles. The molecule has 2 aromatic rings. The van der Waals surface area contributed by atoms with E-state index in [0.717, 1.165) is 12.1 Å². The quantitative estimate of drug-likeness (QED) is 0.352. The molecule has 0 bridgehead atoms. The fourth-order valence-electron chi connectivity index (χ4n) is 3.32. The Bertz CT molecular complexity index is 753. The standard InChI is InChI=1S/C21H30O4Si2/c1-17-7-9-18(10-8-17)15-26(3,4)25-27(5,6)16-19-11-13-20(14-12-19)24-21(22)23-2/h7-14H,15-16H2,1-6H3. The molecule has 0 N–H and O–H groups in total. The van der Waals surface area contributed by atoms with E-state index in [4.69, 9.17) is 8.85 Å². The van der Waals surface area contributed by atoms with Gasteiger partial charge < -0.3 is 13.6 Å². The number of rotatable bonds is 7. The summed E-state index contributed by atoms with van der Waals surface area (Å²) in [6, 6.07) is 18.3. The first-order valence-corrected chi connectivity index (χ1v) is 15.4. The minimum atomic E-state index is -1.87. The minimum Gasteiger partial charge on any atom is -0.455 e. The summed E-state index contributed by atoms with van der Waals surface area (Å²) >= 11 is 0. The van der Waals surface area contributed by atoms with Gasteiger partial charge in [0.05, 0.1) is 7.11 Å². The fraction of sp³-hybridized carbons (Fsp3) is 0.381. The first-order valence-electron chi connectivity index (χ1n) is 9.19. The number of hydrogen-bond acceptors (Lipinski definition) is 4. The van der Waals surface area contributed by atoms with Crippen molar-refractivity contribution < 1.29 is 18.4 Å².